The number of benzene rings is 1. The summed E-state index contributed by atoms with van der Waals surface area (Å²) in [7, 11) is 3.14. The van der Waals surface area contributed by atoms with Crippen molar-refractivity contribution in [2.75, 3.05) is 19.1 Å². The van der Waals surface area contributed by atoms with Crippen LogP contribution in [0.4, 0.5) is 5.69 Å². The Bertz CT molecular complexity index is 462. The fourth-order valence-corrected chi connectivity index (χ4v) is 1.60. The molecule has 1 aromatic rings. The second kappa shape index (κ2) is 6.75. The van der Waals surface area contributed by atoms with Crippen LogP contribution in [0.25, 0.3) is 0 Å². The van der Waals surface area contributed by atoms with E-state index in [2.05, 4.69) is 0 Å². The van der Waals surface area contributed by atoms with Crippen LogP contribution in [0.5, 0.6) is 5.75 Å². The summed E-state index contributed by atoms with van der Waals surface area (Å²) in [5, 5.41) is 8.57. The van der Waals surface area contributed by atoms with Crippen LogP contribution >= 0.6 is 0 Å². The van der Waals surface area contributed by atoms with Crippen LogP contribution < -0.4 is 15.4 Å². The molecule has 1 unspecified atom stereocenters. The lowest BCUT2D eigenvalue weighted by molar-refractivity contribution is -0.137. The summed E-state index contributed by atoms with van der Waals surface area (Å²) in [5.41, 5.74) is 6.34. The normalized spacial score (nSPS) is 11.7. The lowest BCUT2D eigenvalue weighted by atomic mass is 10.1. The Kier molecular flexibility index (Phi) is 5.32. The first-order chi connectivity index (χ1) is 8.95. The lowest BCUT2D eigenvalue weighted by Crippen LogP contribution is -2.42. The number of methoxy groups -OCH3 is 1. The molecule has 19 heavy (non-hydrogen) atoms. The predicted octanol–water partition coefficient (Wildman–Crippen LogP) is 0.850. The molecule has 1 amide bonds. The van der Waals surface area contributed by atoms with Gasteiger partial charge in [-0.1, -0.05) is 6.07 Å². The van der Waals surface area contributed by atoms with Gasteiger partial charge in [0.25, 0.3) is 0 Å². The van der Waals surface area contributed by atoms with Gasteiger partial charge >= 0.3 is 5.97 Å². The SMILES string of the molecule is COc1cccc(N(C)C(=O)C(N)CCC(=O)O)c1. The Morgan fingerprint density at radius 2 is 2.16 bits per heavy atom. The molecular formula is C13H18N2O4. The van der Waals surface area contributed by atoms with E-state index in [0.717, 1.165) is 0 Å². The summed E-state index contributed by atoms with van der Waals surface area (Å²) in [4.78, 5) is 23.9. The van der Waals surface area contributed by atoms with Crippen LogP contribution in [-0.4, -0.2) is 37.2 Å². The Morgan fingerprint density at radius 1 is 1.47 bits per heavy atom. The second-order valence-electron chi connectivity index (χ2n) is 4.14. The third-order valence-electron chi connectivity index (χ3n) is 2.76. The Balaban J connectivity index is 2.72. The first kappa shape index (κ1) is 15.0. The van der Waals surface area contributed by atoms with Gasteiger partial charge in [-0.2, -0.15) is 0 Å². The lowest BCUT2D eigenvalue weighted by Gasteiger charge is -2.21. The first-order valence-corrected chi connectivity index (χ1v) is 5.84. The number of anilines is 1. The number of carboxylic acid groups (broad SMARTS) is 1. The van der Waals surface area contributed by atoms with E-state index < -0.39 is 12.0 Å². The molecule has 6 heteroatoms. The van der Waals surface area contributed by atoms with E-state index in [1.54, 1.807) is 38.4 Å². The maximum Gasteiger partial charge on any atom is 0.303 e. The third kappa shape index (κ3) is 4.26. The summed E-state index contributed by atoms with van der Waals surface area (Å²) in [6.07, 6.45) is -0.0126. The molecule has 0 heterocycles. The Hall–Kier alpha value is -2.08. The molecule has 0 saturated carbocycles. The number of aliphatic carboxylic acids is 1. The Labute approximate surface area is 111 Å². The highest BCUT2D eigenvalue weighted by molar-refractivity contribution is 5.96. The number of nitrogens with zero attached hydrogens (tertiary/aromatic N) is 1. The van der Waals surface area contributed by atoms with E-state index in [1.165, 1.54) is 4.90 Å². The smallest absolute Gasteiger partial charge is 0.303 e. The van der Waals surface area contributed by atoms with Crippen molar-refractivity contribution in [3.8, 4) is 5.75 Å². The maximum atomic E-state index is 12.0. The molecule has 104 valence electrons. The number of nitrogens with two attached hydrogens (primary N) is 1. The standard InChI is InChI=1S/C13H18N2O4/c1-15(9-4-3-5-10(8-9)19-2)13(18)11(14)6-7-12(16)17/h3-5,8,11H,6-7,14H2,1-2H3,(H,16,17). The topological polar surface area (TPSA) is 92.9 Å². The minimum atomic E-state index is -0.965. The van der Waals surface area contributed by atoms with Crippen molar-refractivity contribution < 1.29 is 19.4 Å². The predicted molar refractivity (Wildman–Crippen MR) is 71.2 cm³/mol. The minimum absolute atomic E-state index is 0.114. The molecule has 0 radical (unpaired) electrons. The zero-order valence-electron chi connectivity index (χ0n) is 11.0. The molecule has 0 aliphatic heterocycles. The number of carboxylic acids is 1. The van der Waals surface area contributed by atoms with E-state index in [0.29, 0.717) is 11.4 Å². The molecule has 0 aliphatic carbocycles. The average molecular weight is 266 g/mol. The molecule has 0 aromatic heterocycles. The molecule has 0 bridgehead atoms. The molecular weight excluding hydrogens is 248 g/mol. The van der Waals surface area contributed by atoms with Crippen molar-refractivity contribution >= 4 is 17.6 Å². The number of ether oxygens (including phenoxy) is 1. The number of carbonyl (C=O) groups excluding carboxylic acids is 1. The van der Waals surface area contributed by atoms with Gasteiger partial charge in [0.15, 0.2) is 0 Å². The van der Waals surface area contributed by atoms with Gasteiger partial charge in [0.2, 0.25) is 5.91 Å². The fraction of sp³-hybridized carbons (Fsp3) is 0.385. The molecule has 3 N–H and O–H groups in total. The first-order valence-electron chi connectivity index (χ1n) is 5.84. The van der Waals surface area contributed by atoms with Gasteiger partial charge in [-0.3, -0.25) is 9.59 Å². The minimum Gasteiger partial charge on any atom is -0.497 e. The Morgan fingerprint density at radius 3 is 2.74 bits per heavy atom. The monoisotopic (exact) mass is 266 g/mol. The summed E-state index contributed by atoms with van der Waals surface area (Å²) < 4.78 is 5.08. The van der Waals surface area contributed by atoms with E-state index in [1.807, 2.05) is 0 Å². The largest absolute Gasteiger partial charge is 0.497 e. The number of likely N-dealkylation sites (N-methyl/N-ethyl adjacent to an activating group) is 1. The fourth-order valence-electron chi connectivity index (χ4n) is 1.60. The van der Waals surface area contributed by atoms with Gasteiger partial charge in [-0.25, -0.2) is 0 Å². The molecule has 1 aromatic carbocycles. The summed E-state index contributed by atoms with van der Waals surface area (Å²) in [6.45, 7) is 0. The van der Waals surface area contributed by atoms with E-state index in [4.69, 9.17) is 15.6 Å². The molecule has 1 rings (SSSR count). The zero-order chi connectivity index (χ0) is 14.4. The van der Waals surface area contributed by atoms with Crippen LogP contribution in [-0.2, 0) is 9.59 Å². The molecule has 0 fully saturated rings. The van der Waals surface area contributed by atoms with Crippen molar-refractivity contribution in [2.45, 2.75) is 18.9 Å². The van der Waals surface area contributed by atoms with Crippen molar-refractivity contribution in [2.24, 2.45) is 5.73 Å². The van der Waals surface area contributed by atoms with Crippen molar-refractivity contribution in [1.82, 2.24) is 0 Å². The van der Waals surface area contributed by atoms with Crippen molar-refractivity contribution in [3.63, 3.8) is 0 Å². The van der Waals surface area contributed by atoms with Crippen molar-refractivity contribution in [3.05, 3.63) is 24.3 Å². The maximum absolute atomic E-state index is 12.0. The highest BCUT2D eigenvalue weighted by atomic mass is 16.5. The van der Waals surface area contributed by atoms with E-state index in [-0.39, 0.29) is 18.7 Å². The summed E-state index contributed by atoms with van der Waals surface area (Å²) in [5.74, 6) is -0.655. The number of rotatable bonds is 6. The van der Waals surface area contributed by atoms with Crippen LogP contribution in [0, 0.1) is 0 Å². The van der Waals surface area contributed by atoms with Crippen LogP contribution in [0.3, 0.4) is 0 Å². The van der Waals surface area contributed by atoms with Gasteiger partial charge in [0.1, 0.15) is 5.75 Å². The zero-order valence-corrected chi connectivity index (χ0v) is 11.0. The van der Waals surface area contributed by atoms with E-state index in [9.17, 15) is 9.59 Å². The molecule has 0 spiro atoms. The van der Waals surface area contributed by atoms with Crippen LogP contribution in [0.1, 0.15) is 12.8 Å². The molecule has 6 nitrogen and oxygen atoms in total. The number of amides is 1. The third-order valence-corrected chi connectivity index (χ3v) is 2.76. The highest BCUT2D eigenvalue weighted by Gasteiger charge is 2.20. The van der Waals surface area contributed by atoms with Crippen LogP contribution in [0.2, 0.25) is 0 Å². The van der Waals surface area contributed by atoms with Gasteiger partial charge in [0.05, 0.1) is 13.2 Å². The number of hydrogen-bond acceptors (Lipinski definition) is 4. The number of carbonyl (C=O) groups is 2. The van der Waals surface area contributed by atoms with Gasteiger partial charge in [-0.15, -0.1) is 0 Å². The van der Waals surface area contributed by atoms with Gasteiger partial charge in [-0.05, 0) is 18.6 Å². The average Bonchev–Trinajstić information content (AvgIpc) is 2.43. The molecule has 0 saturated heterocycles. The highest BCUT2D eigenvalue weighted by Crippen LogP contribution is 2.20. The molecule has 1 atom stereocenters. The van der Waals surface area contributed by atoms with E-state index >= 15 is 0 Å². The van der Waals surface area contributed by atoms with Crippen molar-refractivity contribution in [1.29, 1.82) is 0 Å². The van der Waals surface area contributed by atoms with Crippen LogP contribution in [0.15, 0.2) is 24.3 Å². The van der Waals surface area contributed by atoms with Gasteiger partial charge < -0.3 is 20.5 Å². The number of hydrogen-bond donors (Lipinski definition) is 2. The summed E-state index contributed by atoms with van der Waals surface area (Å²) >= 11 is 0. The van der Waals surface area contributed by atoms with Gasteiger partial charge in [0, 0.05) is 25.2 Å². The quantitative estimate of drug-likeness (QED) is 0.796. The molecule has 0 aliphatic rings. The second-order valence-corrected chi connectivity index (χ2v) is 4.14. The summed E-state index contributed by atoms with van der Waals surface area (Å²) in [6, 6.07) is 6.17.